The van der Waals surface area contributed by atoms with Crippen molar-refractivity contribution in [3.05, 3.63) is 63.4 Å². The Labute approximate surface area is 173 Å². The molecule has 1 saturated heterocycles. The number of hydrogen-bond acceptors (Lipinski definition) is 4. The van der Waals surface area contributed by atoms with Gasteiger partial charge in [0.05, 0.1) is 42.0 Å². The second kappa shape index (κ2) is 9.56. The molecule has 0 unspecified atom stereocenters. The first-order valence-corrected chi connectivity index (χ1v) is 9.63. The molecule has 1 atom stereocenters. The van der Waals surface area contributed by atoms with Crippen LogP contribution in [0.25, 0.3) is 0 Å². The molecule has 5 nitrogen and oxygen atoms in total. The molecule has 0 bridgehead atoms. The van der Waals surface area contributed by atoms with Crippen LogP contribution >= 0.6 is 23.2 Å². The predicted octanol–water partition coefficient (Wildman–Crippen LogP) is 3.94. The van der Waals surface area contributed by atoms with Crippen LogP contribution in [-0.4, -0.2) is 50.8 Å². The number of halogens is 3. The highest BCUT2D eigenvalue weighted by Crippen LogP contribution is 2.26. The smallest absolute Gasteiger partial charge is 0.252 e. The lowest BCUT2D eigenvalue weighted by Crippen LogP contribution is -2.43. The molecule has 8 heteroatoms. The molecule has 1 aliphatic rings. The molecule has 1 amide bonds. The Morgan fingerprint density at radius 3 is 2.54 bits per heavy atom. The van der Waals surface area contributed by atoms with Crippen molar-refractivity contribution in [1.82, 2.24) is 10.2 Å². The summed E-state index contributed by atoms with van der Waals surface area (Å²) in [7, 11) is 1.61. The van der Waals surface area contributed by atoms with E-state index in [1.165, 1.54) is 6.07 Å². The van der Waals surface area contributed by atoms with Gasteiger partial charge in [-0.25, -0.2) is 4.39 Å². The zero-order valence-corrected chi connectivity index (χ0v) is 16.9. The van der Waals surface area contributed by atoms with Gasteiger partial charge in [0, 0.05) is 19.6 Å². The number of rotatable bonds is 6. The van der Waals surface area contributed by atoms with Crippen LogP contribution < -0.4 is 10.1 Å². The van der Waals surface area contributed by atoms with Crippen LogP contribution in [-0.2, 0) is 4.74 Å². The van der Waals surface area contributed by atoms with Gasteiger partial charge >= 0.3 is 0 Å². The van der Waals surface area contributed by atoms with E-state index in [2.05, 4.69) is 10.2 Å². The molecular weight excluding hydrogens is 406 g/mol. The summed E-state index contributed by atoms with van der Waals surface area (Å²) in [4.78, 5) is 14.8. The van der Waals surface area contributed by atoms with Gasteiger partial charge in [0.25, 0.3) is 5.91 Å². The van der Waals surface area contributed by atoms with E-state index in [0.717, 1.165) is 30.5 Å². The summed E-state index contributed by atoms with van der Waals surface area (Å²) in [5, 5.41) is 2.85. The third kappa shape index (κ3) is 4.94. The maximum atomic E-state index is 13.7. The Hall–Kier alpha value is -1.86. The van der Waals surface area contributed by atoms with E-state index in [0.29, 0.717) is 19.8 Å². The van der Waals surface area contributed by atoms with Gasteiger partial charge in [0.15, 0.2) is 0 Å². The van der Waals surface area contributed by atoms with Gasteiger partial charge in [-0.05, 0) is 29.8 Å². The molecule has 2 aromatic carbocycles. The summed E-state index contributed by atoms with van der Waals surface area (Å²) in [6, 6.07) is 9.94. The molecule has 1 N–H and O–H groups in total. The zero-order valence-electron chi connectivity index (χ0n) is 15.4. The Bertz CT molecular complexity index is 827. The molecule has 28 heavy (non-hydrogen) atoms. The van der Waals surface area contributed by atoms with Crippen molar-refractivity contribution in [3.8, 4) is 5.75 Å². The lowest BCUT2D eigenvalue weighted by molar-refractivity contribution is 0.0162. The number of methoxy groups -OCH3 is 1. The number of benzene rings is 2. The van der Waals surface area contributed by atoms with Crippen LogP contribution in [0.3, 0.4) is 0 Å². The third-order valence-electron chi connectivity index (χ3n) is 4.70. The first kappa shape index (κ1) is 20.9. The second-order valence-electron chi connectivity index (χ2n) is 6.39. The molecule has 1 heterocycles. The minimum absolute atomic E-state index is 0.0547. The Morgan fingerprint density at radius 2 is 1.89 bits per heavy atom. The quantitative estimate of drug-likeness (QED) is 0.710. The molecule has 0 saturated carbocycles. The largest absolute Gasteiger partial charge is 0.497 e. The summed E-state index contributed by atoms with van der Waals surface area (Å²) < 4.78 is 24.4. The van der Waals surface area contributed by atoms with Gasteiger partial charge in [-0.15, -0.1) is 0 Å². The minimum Gasteiger partial charge on any atom is -0.497 e. The Kier molecular flexibility index (Phi) is 7.13. The molecule has 1 fully saturated rings. The Morgan fingerprint density at radius 1 is 1.21 bits per heavy atom. The number of nitrogens with zero attached hydrogens (tertiary/aromatic N) is 1. The van der Waals surface area contributed by atoms with Crippen LogP contribution in [0.5, 0.6) is 5.75 Å². The van der Waals surface area contributed by atoms with Gasteiger partial charge in [-0.2, -0.15) is 0 Å². The number of carbonyl (C=O) groups excluding carboxylic acids is 1. The number of nitrogens with one attached hydrogen (secondary N) is 1. The average Bonchev–Trinajstić information content (AvgIpc) is 2.72. The Balaban J connectivity index is 1.77. The molecule has 3 rings (SSSR count). The molecule has 2 aromatic rings. The number of carbonyl (C=O) groups is 1. The van der Waals surface area contributed by atoms with E-state index in [4.69, 9.17) is 32.7 Å². The number of morpholine rings is 1. The summed E-state index contributed by atoms with van der Waals surface area (Å²) in [5.74, 6) is -0.375. The maximum absolute atomic E-state index is 13.7. The van der Waals surface area contributed by atoms with Gasteiger partial charge in [0.2, 0.25) is 0 Å². The SMILES string of the molecule is COc1ccc([C@H](CNC(=O)c2cc(F)c(Cl)cc2Cl)N2CCOCC2)cc1. The maximum Gasteiger partial charge on any atom is 0.252 e. The summed E-state index contributed by atoms with van der Waals surface area (Å²) in [6.45, 7) is 3.11. The zero-order chi connectivity index (χ0) is 20.1. The lowest BCUT2D eigenvalue weighted by atomic mass is 10.0. The van der Waals surface area contributed by atoms with Gasteiger partial charge in [-0.3, -0.25) is 9.69 Å². The van der Waals surface area contributed by atoms with E-state index >= 15 is 0 Å². The van der Waals surface area contributed by atoms with Crippen LogP contribution in [0.1, 0.15) is 22.0 Å². The fourth-order valence-electron chi connectivity index (χ4n) is 3.15. The molecule has 1 aliphatic heterocycles. The monoisotopic (exact) mass is 426 g/mol. The topological polar surface area (TPSA) is 50.8 Å². The van der Waals surface area contributed by atoms with Gasteiger partial charge in [-0.1, -0.05) is 35.3 Å². The third-order valence-corrected chi connectivity index (χ3v) is 5.30. The number of amides is 1. The molecule has 0 aliphatic carbocycles. The average molecular weight is 427 g/mol. The van der Waals surface area contributed by atoms with Crippen molar-refractivity contribution in [2.45, 2.75) is 6.04 Å². The van der Waals surface area contributed by atoms with E-state index < -0.39 is 11.7 Å². The fourth-order valence-corrected chi connectivity index (χ4v) is 3.62. The standard InChI is InChI=1S/C20H21Cl2FN2O3/c1-27-14-4-2-13(3-5-14)19(25-6-8-28-9-7-25)12-24-20(26)15-10-18(23)17(22)11-16(15)21/h2-5,10-11,19H,6-9,12H2,1H3,(H,24,26)/t19-/m0/s1. The van der Waals surface area contributed by atoms with Crippen molar-refractivity contribution in [2.75, 3.05) is 40.0 Å². The van der Waals surface area contributed by atoms with Crippen LogP contribution in [0.2, 0.25) is 10.0 Å². The summed E-state index contributed by atoms with van der Waals surface area (Å²) in [6.07, 6.45) is 0. The fraction of sp³-hybridized carbons (Fsp3) is 0.350. The van der Waals surface area contributed by atoms with Crippen LogP contribution in [0, 0.1) is 5.82 Å². The van der Waals surface area contributed by atoms with Crippen molar-refractivity contribution >= 4 is 29.1 Å². The van der Waals surface area contributed by atoms with E-state index in [1.54, 1.807) is 7.11 Å². The second-order valence-corrected chi connectivity index (χ2v) is 7.21. The van der Waals surface area contributed by atoms with E-state index in [-0.39, 0.29) is 21.7 Å². The highest BCUT2D eigenvalue weighted by molar-refractivity contribution is 6.36. The van der Waals surface area contributed by atoms with E-state index in [1.807, 2.05) is 24.3 Å². The molecule has 0 radical (unpaired) electrons. The highest BCUT2D eigenvalue weighted by Gasteiger charge is 2.24. The predicted molar refractivity (Wildman–Crippen MR) is 107 cm³/mol. The van der Waals surface area contributed by atoms with Crippen LogP contribution in [0.15, 0.2) is 36.4 Å². The number of ether oxygens (including phenoxy) is 2. The normalized spacial score (nSPS) is 15.9. The summed E-state index contributed by atoms with van der Waals surface area (Å²) in [5.41, 5.74) is 1.09. The van der Waals surface area contributed by atoms with Crippen molar-refractivity contribution in [3.63, 3.8) is 0 Å². The first-order chi connectivity index (χ1) is 13.5. The highest BCUT2D eigenvalue weighted by atomic mass is 35.5. The molecule has 0 spiro atoms. The molecular formula is C20H21Cl2FN2O3. The van der Waals surface area contributed by atoms with Gasteiger partial charge < -0.3 is 14.8 Å². The molecule has 0 aromatic heterocycles. The lowest BCUT2D eigenvalue weighted by Gasteiger charge is -2.35. The van der Waals surface area contributed by atoms with Crippen molar-refractivity contribution < 1.29 is 18.7 Å². The van der Waals surface area contributed by atoms with Crippen LogP contribution in [0.4, 0.5) is 4.39 Å². The first-order valence-electron chi connectivity index (χ1n) is 8.88. The number of hydrogen-bond donors (Lipinski definition) is 1. The van der Waals surface area contributed by atoms with E-state index in [9.17, 15) is 9.18 Å². The van der Waals surface area contributed by atoms with Gasteiger partial charge in [0.1, 0.15) is 11.6 Å². The minimum atomic E-state index is -0.684. The van der Waals surface area contributed by atoms with Crippen molar-refractivity contribution in [2.24, 2.45) is 0 Å². The van der Waals surface area contributed by atoms with Crippen molar-refractivity contribution in [1.29, 1.82) is 0 Å². The summed E-state index contributed by atoms with van der Waals surface area (Å²) >= 11 is 11.8. The molecule has 150 valence electrons.